The first-order valence-corrected chi connectivity index (χ1v) is 13.9. The van der Waals surface area contributed by atoms with E-state index in [4.69, 9.17) is 0 Å². The Morgan fingerprint density at radius 1 is 0.583 bits per heavy atom. The number of benzene rings is 3. The van der Waals surface area contributed by atoms with Gasteiger partial charge in [0.2, 0.25) is 12.7 Å². The molecule has 4 nitrogen and oxygen atoms in total. The molecule has 0 aliphatic heterocycles. The van der Waals surface area contributed by atoms with Gasteiger partial charge in [0.05, 0.1) is 13.1 Å². The monoisotopic (exact) mass is 480 g/mol. The highest BCUT2D eigenvalue weighted by Gasteiger charge is 2.15. The summed E-state index contributed by atoms with van der Waals surface area (Å²) in [6.45, 7) is 6.69. The van der Waals surface area contributed by atoms with Crippen LogP contribution < -0.4 is 9.13 Å². The second kappa shape index (κ2) is 11.6. The van der Waals surface area contributed by atoms with Crippen molar-refractivity contribution < 1.29 is 9.13 Å². The maximum Gasteiger partial charge on any atom is 0.248 e. The Labute approximate surface area is 215 Å². The van der Waals surface area contributed by atoms with E-state index in [1.165, 1.54) is 84.3 Å². The van der Waals surface area contributed by atoms with Crippen LogP contribution in [-0.2, 0) is 13.1 Å². The number of unbranched alkanes of at least 4 members (excludes halogenated alkanes) is 6. The lowest BCUT2D eigenvalue weighted by molar-refractivity contribution is -0.696. The molecule has 0 N–H and O–H groups in total. The molecule has 0 aliphatic rings. The number of fused-ring (bicyclic) bond motifs is 2. The Morgan fingerprint density at radius 2 is 1.08 bits per heavy atom. The van der Waals surface area contributed by atoms with E-state index in [-0.39, 0.29) is 0 Å². The minimum Gasteiger partial charge on any atom is -0.236 e. The standard InChI is InChI=1S/C32H40N4/c1-3-5-7-9-17-33-19-21-35(25-33)31-15-11-13-27-23-28-14-12-16-32(30(28)24-29(27)31)36-22-20-34(26-36)18-10-8-6-4-2/h11-16,19-26H,3-10,17-18H2,1-2H3/q+2. The van der Waals surface area contributed by atoms with Crippen molar-refractivity contribution in [3.8, 4) is 11.4 Å². The van der Waals surface area contributed by atoms with E-state index >= 15 is 0 Å². The highest BCUT2D eigenvalue weighted by atomic mass is 15.1. The maximum absolute atomic E-state index is 2.38. The fourth-order valence-electron chi connectivity index (χ4n) is 5.25. The molecule has 0 spiro atoms. The van der Waals surface area contributed by atoms with Gasteiger partial charge in [0, 0.05) is 10.8 Å². The summed E-state index contributed by atoms with van der Waals surface area (Å²) in [4.78, 5) is 0. The van der Waals surface area contributed by atoms with Crippen LogP contribution in [0.4, 0.5) is 0 Å². The van der Waals surface area contributed by atoms with Gasteiger partial charge in [0.1, 0.15) is 36.2 Å². The van der Waals surface area contributed by atoms with Gasteiger partial charge in [-0.05, 0) is 60.7 Å². The predicted molar refractivity (Wildman–Crippen MR) is 149 cm³/mol. The molecule has 4 heteroatoms. The zero-order valence-corrected chi connectivity index (χ0v) is 21.9. The van der Waals surface area contributed by atoms with Crippen molar-refractivity contribution in [3.63, 3.8) is 0 Å². The van der Waals surface area contributed by atoms with Gasteiger partial charge in [-0.25, -0.2) is 18.3 Å². The van der Waals surface area contributed by atoms with Crippen molar-refractivity contribution in [1.82, 2.24) is 9.13 Å². The molecule has 5 rings (SSSR count). The van der Waals surface area contributed by atoms with E-state index < -0.39 is 0 Å². The molecular formula is C32H40N4+2. The van der Waals surface area contributed by atoms with Crippen molar-refractivity contribution in [2.45, 2.75) is 78.3 Å². The van der Waals surface area contributed by atoms with E-state index in [0.29, 0.717) is 0 Å². The van der Waals surface area contributed by atoms with Crippen LogP contribution in [0, 0.1) is 0 Å². The Morgan fingerprint density at radius 3 is 1.56 bits per heavy atom. The molecule has 0 fully saturated rings. The van der Waals surface area contributed by atoms with Gasteiger partial charge < -0.3 is 0 Å². The van der Waals surface area contributed by atoms with E-state index in [9.17, 15) is 0 Å². The summed E-state index contributed by atoms with van der Waals surface area (Å²) in [5.41, 5.74) is 2.46. The number of hydrogen-bond acceptors (Lipinski definition) is 0. The second-order valence-electron chi connectivity index (χ2n) is 10.1. The third-order valence-electron chi connectivity index (χ3n) is 7.31. The summed E-state index contributed by atoms with van der Waals surface area (Å²) in [6, 6.07) is 18.0. The fraction of sp³-hybridized carbons (Fsp3) is 0.375. The average Bonchev–Trinajstić information content (AvgIpc) is 3.57. The smallest absolute Gasteiger partial charge is 0.236 e. The van der Waals surface area contributed by atoms with Crippen molar-refractivity contribution in [2.24, 2.45) is 0 Å². The van der Waals surface area contributed by atoms with Gasteiger partial charge in [0.15, 0.2) is 0 Å². The van der Waals surface area contributed by atoms with Crippen LogP contribution in [0.25, 0.3) is 32.9 Å². The zero-order valence-electron chi connectivity index (χ0n) is 21.9. The lowest BCUT2D eigenvalue weighted by Crippen LogP contribution is -2.30. The lowest BCUT2D eigenvalue weighted by atomic mass is 10.0. The number of nitrogens with zero attached hydrogens (tertiary/aromatic N) is 4. The van der Waals surface area contributed by atoms with E-state index in [1.54, 1.807) is 0 Å². The summed E-state index contributed by atoms with van der Waals surface area (Å²) >= 11 is 0. The highest BCUT2D eigenvalue weighted by Crippen LogP contribution is 2.30. The summed E-state index contributed by atoms with van der Waals surface area (Å²) in [5.74, 6) is 0. The van der Waals surface area contributed by atoms with Gasteiger partial charge in [-0.2, -0.15) is 0 Å². The Kier molecular flexibility index (Phi) is 7.80. The molecule has 0 saturated heterocycles. The average molecular weight is 481 g/mol. The van der Waals surface area contributed by atoms with Gasteiger partial charge in [0.25, 0.3) is 0 Å². The number of aromatic nitrogens is 4. The molecular weight excluding hydrogens is 440 g/mol. The Bertz CT molecular complexity index is 1320. The molecule has 2 heterocycles. The van der Waals surface area contributed by atoms with E-state index in [1.807, 2.05) is 0 Å². The molecule has 0 unspecified atom stereocenters. The highest BCUT2D eigenvalue weighted by molar-refractivity contribution is 6.04. The van der Waals surface area contributed by atoms with E-state index in [0.717, 1.165) is 13.1 Å². The van der Waals surface area contributed by atoms with Crippen LogP contribution in [0.3, 0.4) is 0 Å². The first kappa shape index (κ1) is 24.3. The molecule has 0 atom stereocenters. The molecule has 0 aliphatic carbocycles. The first-order chi connectivity index (χ1) is 17.8. The van der Waals surface area contributed by atoms with Crippen LogP contribution in [-0.4, -0.2) is 9.13 Å². The van der Waals surface area contributed by atoms with Crippen LogP contribution in [0.5, 0.6) is 0 Å². The largest absolute Gasteiger partial charge is 0.248 e. The molecule has 186 valence electrons. The van der Waals surface area contributed by atoms with Crippen molar-refractivity contribution in [2.75, 3.05) is 0 Å². The zero-order chi connectivity index (χ0) is 24.7. The van der Waals surface area contributed by atoms with Gasteiger partial charge in [-0.1, -0.05) is 63.8 Å². The molecule has 0 radical (unpaired) electrons. The molecule has 3 aromatic carbocycles. The first-order valence-electron chi connectivity index (χ1n) is 13.9. The third kappa shape index (κ3) is 5.38. The summed E-state index contributed by atoms with van der Waals surface area (Å²) in [5, 5.41) is 5.12. The molecule has 0 saturated carbocycles. The molecule has 36 heavy (non-hydrogen) atoms. The van der Waals surface area contributed by atoms with Gasteiger partial charge in [-0.15, -0.1) is 0 Å². The SMILES string of the molecule is CCCCCC[n+]1ccn(-c2cccc3cc4cccc(-n5cc[n+](CCCCCC)c5)c4cc23)c1. The van der Waals surface area contributed by atoms with Crippen molar-refractivity contribution in [1.29, 1.82) is 0 Å². The third-order valence-corrected chi connectivity index (χ3v) is 7.31. The molecule has 0 amide bonds. The Balaban J connectivity index is 1.47. The number of aryl methyl sites for hydroxylation is 2. The van der Waals surface area contributed by atoms with E-state index in [2.05, 4.69) is 118 Å². The fourth-order valence-corrected chi connectivity index (χ4v) is 5.25. The maximum atomic E-state index is 2.38. The summed E-state index contributed by atoms with van der Waals surface area (Å²) in [7, 11) is 0. The van der Waals surface area contributed by atoms with Crippen LogP contribution in [0.15, 0.2) is 86.0 Å². The molecule has 5 aromatic rings. The number of rotatable bonds is 12. The van der Waals surface area contributed by atoms with Gasteiger partial charge >= 0.3 is 0 Å². The molecule has 0 bridgehead atoms. The number of hydrogen-bond donors (Lipinski definition) is 0. The topological polar surface area (TPSA) is 17.6 Å². The summed E-state index contributed by atoms with van der Waals surface area (Å²) < 4.78 is 9.19. The van der Waals surface area contributed by atoms with Crippen molar-refractivity contribution >= 4 is 21.5 Å². The molecule has 2 aromatic heterocycles. The normalized spacial score (nSPS) is 11.6. The van der Waals surface area contributed by atoms with Crippen LogP contribution in [0.1, 0.15) is 65.2 Å². The second-order valence-corrected chi connectivity index (χ2v) is 10.1. The van der Waals surface area contributed by atoms with Gasteiger partial charge in [-0.3, -0.25) is 0 Å². The van der Waals surface area contributed by atoms with Crippen LogP contribution >= 0.6 is 0 Å². The summed E-state index contributed by atoms with van der Waals surface area (Å²) in [6.07, 6.45) is 23.5. The van der Waals surface area contributed by atoms with Crippen LogP contribution in [0.2, 0.25) is 0 Å². The lowest BCUT2D eigenvalue weighted by Gasteiger charge is -2.08. The number of imidazole rings is 2. The Hall–Kier alpha value is -3.40. The minimum absolute atomic E-state index is 1.08. The quantitative estimate of drug-likeness (QED) is 0.101. The predicted octanol–water partition coefficient (Wildman–Crippen LogP) is 7.31. The van der Waals surface area contributed by atoms with Crippen molar-refractivity contribution in [3.05, 3.63) is 86.0 Å². The minimum atomic E-state index is 1.08.